The standard InChI is InChI=1S/C15H17N3O2/c1-16-12(9-14(19)17(2)15(16)20)10-18-8-7-11-5-3-4-6-13(11)18/h3-6,9H,7-8,10H2,1-2H3. The molecule has 20 heavy (non-hydrogen) atoms. The van der Waals surface area contributed by atoms with Crippen molar-refractivity contribution < 1.29 is 0 Å². The van der Waals surface area contributed by atoms with Gasteiger partial charge >= 0.3 is 5.69 Å². The Morgan fingerprint density at radius 3 is 2.65 bits per heavy atom. The molecule has 0 saturated carbocycles. The van der Waals surface area contributed by atoms with Crippen LogP contribution in [0.15, 0.2) is 39.9 Å². The van der Waals surface area contributed by atoms with E-state index in [1.165, 1.54) is 18.3 Å². The largest absolute Gasteiger partial charge is 0.365 e. The average molecular weight is 271 g/mol. The predicted molar refractivity (Wildman–Crippen MR) is 78.1 cm³/mol. The van der Waals surface area contributed by atoms with Gasteiger partial charge in [0.15, 0.2) is 0 Å². The van der Waals surface area contributed by atoms with E-state index < -0.39 is 0 Å². The molecule has 0 radical (unpaired) electrons. The first-order chi connectivity index (χ1) is 9.58. The lowest BCUT2D eigenvalue weighted by molar-refractivity contribution is 0.638. The van der Waals surface area contributed by atoms with Gasteiger partial charge in [-0.15, -0.1) is 0 Å². The highest BCUT2D eigenvalue weighted by Gasteiger charge is 2.19. The summed E-state index contributed by atoms with van der Waals surface area (Å²) >= 11 is 0. The first kappa shape index (κ1) is 12.7. The molecule has 0 spiro atoms. The van der Waals surface area contributed by atoms with E-state index in [9.17, 15) is 9.59 Å². The summed E-state index contributed by atoms with van der Waals surface area (Å²) in [4.78, 5) is 25.9. The fourth-order valence-electron chi connectivity index (χ4n) is 2.70. The fourth-order valence-corrected chi connectivity index (χ4v) is 2.70. The van der Waals surface area contributed by atoms with Gasteiger partial charge in [-0.2, -0.15) is 0 Å². The zero-order chi connectivity index (χ0) is 14.3. The molecule has 0 fully saturated rings. The number of rotatable bonds is 2. The summed E-state index contributed by atoms with van der Waals surface area (Å²) in [5, 5.41) is 0. The third kappa shape index (κ3) is 1.95. The predicted octanol–water partition coefficient (Wildman–Crippen LogP) is 0.647. The van der Waals surface area contributed by atoms with Gasteiger partial charge in [-0.3, -0.25) is 13.9 Å². The lowest BCUT2D eigenvalue weighted by atomic mass is 10.2. The SMILES string of the molecule is Cn1c(CN2CCc3ccccc32)cc(=O)n(C)c1=O. The minimum absolute atomic E-state index is 0.254. The van der Waals surface area contributed by atoms with E-state index in [0.29, 0.717) is 6.54 Å². The molecular formula is C15H17N3O2. The van der Waals surface area contributed by atoms with Crippen molar-refractivity contribution in [3.8, 4) is 0 Å². The van der Waals surface area contributed by atoms with Crippen molar-refractivity contribution in [1.82, 2.24) is 9.13 Å². The summed E-state index contributed by atoms with van der Waals surface area (Å²) in [6.07, 6.45) is 1.01. The summed E-state index contributed by atoms with van der Waals surface area (Å²) in [7, 11) is 3.21. The van der Waals surface area contributed by atoms with Gasteiger partial charge in [-0.1, -0.05) is 18.2 Å². The normalized spacial score (nSPS) is 13.6. The number of anilines is 1. The topological polar surface area (TPSA) is 47.2 Å². The first-order valence-electron chi connectivity index (χ1n) is 6.66. The van der Waals surface area contributed by atoms with Crippen LogP contribution < -0.4 is 16.1 Å². The molecule has 0 bridgehead atoms. The Balaban J connectivity index is 1.98. The molecule has 1 aliphatic heterocycles. The lowest BCUT2D eigenvalue weighted by Crippen LogP contribution is -2.39. The summed E-state index contributed by atoms with van der Waals surface area (Å²) in [5.74, 6) is 0. The second-order valence-electron chi connectivity index (χ2n) is 5.17. The Hall–Kier alpha value is -2.30. The molecule has 0 aliphatic carbocycles. The van der Waals surface area contributed by atoms with Crippen LogP contribution in [0.25, 0.3) is 0 Å². The Morgan fingerprint density at radius 1 is 1.10 bits per heavy atom. The van der Waals surface area contributed by atoms with Crippen molar-refractivity contribution in [3.05, 3.63) is 62.4 Å². The molecule has 0 atom stereocenters. The third-order valence-electron chi connectivity index (χ3n) is 3.96. The molecule has 2 heterocycles. The number of aromatic nitrogens is 2. The minimum Gasteiger partial charge on any atom is -0.365 e. The monoisotopic (exact) mass is 271 g/mol. The average Bonchev–Trinajstić information content (AvgIpc) is 2.86. The van der Waals surface area contributed by atoms with Gasteiger partial charge in [0.25, 0.3) is 5.56 Å². The Morgan fingerprint density at radius 2 is 1.85 bits per heavy atom. The maximum Gasteiger partial charge on any atom is 0.330 e. The van der Waals surface area contributed by atoms with Crippen LogP contribution in [0.3, 0.4) is 0 Å². The van der Waals surface area contributed by atoms with E-state index in [-0.39, 0.29) is 11.2 Å². The third-order valence-corrected chi connectivity index (χ3v) is 3.96. The van der Waals surface area contributed by atoms with Gasteiger partial charge in [0.05, 0.1) is 6.54 Å². The smallest absolute Gasteiger partial charge is 0.330 e. The molecule has 1 aromatic carbocycles. The van der Waals surface area contributed by atoms with E-state index in [2.05, 4.69) is 17.0 Å². The Kier molecular flexibility index (Phi) is 2.97. The van der Waals surface area contributed by atoms with Crippen LogP contribution in [0.2, 0.25) is 0 Å². The fraction of sp³-hybridized carbons (Fsp3) is 0.333. The quantitative estimate of drug-likeness (QED) is 0.805. The van der Waals surface area contributed by atoms with Crippen molar-refractivity contribution >= 4 is 5.69 Å². The highest BCUT2D eigenvalue weighted by molar-refractivity contribution is 5.57. The number of hydrogen-bond acceptors (Lipinski definition) is 3. The van der Waals surface area contributed by atoms with Crippen molar-refractivity contribution in [2.75, 3.05) is 11.4 Å². The maximum absolute atomic E-state index is 11.9. The summed E-state index contributed by atoms with van der Waals surface area (Å²) in [5.41, 5.74) is 2.73. The van der Waals surface area contributed by atoms with Gasteiger partial charge in [-0.25, -0.2) is 4.79 Å². The van der Waals surface area contributed by atoms with E-state index in [0.717, 1.165) is 23.2 Å². The maximum atomic E-state index is 11.9. The van der Waals surface area contributed by atoms with Gasteiger partial charge in [0, 0.05) is 38.1 Å². The molecule has 5 heteroatoms. The molecule has 104 valence electrons. The molecule has 0 saturated heterocycles. The highest BCUT2D eigenvalue weighted by atomic mass is 16.2. The molecule has 0 amide bonds. The van der Waals surface area contributed by atoms with E-state index in [1.807, 2.05) is 12.1 Å². The van der Waals surface area contributed by atoms with Crippen LogP contribution in [-0.4, -0.2) is 15.7 Å². The molecule has 3 rings (SSSR count). The molecule has 5 nitrogen and oxygen atoms in total. The Labute approximate surface area is 116 Å². The molecule has 0 unspecified atom stereocenters. The number of para-hydroxylation sites is 1. The van der Waals surface area contributed by atoms with Crippen molar-refractivity contribution in [1.29, 1.82) is 0 Å². The van der Waals surface area contributed by atoms with Gasteiger partial charge in [-0.05, 0) is 18.1 Å². The van der Waals surface area contributed by atoms with Crippen LogP contribution in [0, 0.1) is 0 Å². The van der Waals surface area contributed by atoms with Crippen LogP contribution in [-0.2, 0) is 27.1 Å². The Bertz CT molecular complexity index is 773. The minimum atomic E-state index is -0.278. The van der Waals surface area contributed by atoms with Gasteiger partial charge in [0.2, 0.25) is 0 Å². The van der Waals surface area contributed by atoms with Crippen LogP contribution in [0.1, 0.15) is 11.3 Å². The molecule has 2 aromatic rings. The van der Waals surface area contributed by atoms with Crippen molar-refractivity contribution in [2.24, 2.45) is 14.1 Å². The first-order valence-corrected chi connectivity index (χ1v) is 6.66. The van der Waals surface area contributed by atoms with Crippen LogP contribution in [0.4, 0.5) is 5.69 Å². The zero-order valence-electron chi connectivity index (χ0n) is 11.7. The summed E-state index contributed by atoms with van der Waals surface area (Å²) in [6, 6.07) is 9.80. The number of nitrogens with zero attached hydrogens (tertiary/aromatic N) is 3. The highest BCUT2D eigenvalue weighted by Crippen LogP contribution is 2.28. The van der Waals surface area contributed by atoms with E-state index >= 15 is 0 Å². The summed E-state index contributed by atoms with van der Waals surface area (Å²) in [6.45, 7) is 1.50. The molecule has 1 aromatic heterocycles. The molecular weight excluding hydrogens is 254 g/mol. The number of benzene rings is 1. The second kappa shape index (κ2) is 4.67. The van der Waals surface area contributed by atoms with Crippen molar-refractivity contribution in [3.63, 3.8) is 0 Å². The second-order valence-corrected chi connectivity index (χ2v) is 5.17. The molecule has 0 N–H and O–H groups in total. The number of hydrogen-bond donors (Lipinski definition) is 0. The van der Waals surface area contributed by atoms with Crippen molar-refractivity contribution in [2.45, 2.75) is 13.0 Å². The van der Waals surface area contributed by atoms with Gasteiger partial charge < -0.3 is 4.90 Å². The van der Waals surface area contributed by atoms with E-state index in [1.54, 1.807) is 17.7 Å². The number of fused-ring (bicyclic) bond motifs is 1. The van der Waals surface area contributed by atoms with Crippen LogP contribution in [0.5, 0.6) is 0 Å². The van der Waals surface area contributed by atoms with E-state index in [4.69, 9.17) is 0 Å². The summed E-state index contributed by atoms with van der Waals surface area (Å²) < 4.78 is 2.67. The van der Waals surface area contributed by atoms with Crippen LogP contribution >= 0.6 is 0 Å². The molecule has 1 aliphatic rings. The van der Waals surface area contributed by atoms with Gasteiger partial charge in [0.1, 0.15) is 0 Å². The zero-order valence-corrected chi connectivity index (χ0v) is 11.7. The lowest BCUT2D eigenvalue weighted by Gasteiger charge is -2.21.